The summed E-state index contributed by atoms with van der Waals surface area (Å²) in [5.41, 5.74) is 3.51. The molecule has 1 saturated heterocycles. The van der Waals surface area contributed by atoms with Crippen molar-refractivity contribution in [2.24, 2.45) is 0 Å². The van der Waals surface area contributed by atoms with Crippen molar-refractivity contribution in [1.29, 1.82) is 5.26 Å². The summed E-state index contributed by atoms with van der Waals surface area (Å²) in [6.07, 6.45) is 1.34. The first kappa shape index (κ1) is 30.4. The predicted octanol–water partition coefficient (Wildman–Crippen LogP) is 4.09. The van der Waals surface area contributed by atoms with E-state index in [1.807, 2.05) is 38.2 Å². The molecule has 2 fully saturated rings. The van der Waals surface area contributed by atoms with Crippen LogP contribution in [0.3, 0.4) is 0 Å². The summed E-state index contributed by atoms with van der Waals surface area (Å²) in [6.45, 7) is 3.69. The maximum atomic E-state index is 12.3. The number of rotatable bonds is 8. The van der Waals surface area contributed by atoms with Crippen molar-refractivity contribution in [2.45, 2.75) is 57.3 Å². The molecule has 0 spiro atoms. The van der Waals surface area contributed by atoms with Gasteiger partial charge in [0.2, 0.25) is 5.91 Å². The number of anilines is 5. The third-order valence-electron chi connectivity index (χ3n) is 6.80. The van der Waals surface area contributed by atoms with Crippen molar-refractivity contribution in [1.82, 2.24) is 19.9 Å². The summed E-state index contributed by atoms with van der Waals surface area (Å²) in [7, 11) is 2.00. The van der Waals surface area contributed by atoms with Crippen LogP contribution >= 0.6 is 0 Å². The summed E-state index contributed by atoms with van der Waals surface area (Å²) in [5, 5.41) is 34.2. The smallest absolute Gasteiger partial charge is 0.475 e. The molecule has 3 heterocycles. The molecule has 1 saturated carbocycles. The number of alkyl halides is 3. The van der Waals surface area contributed by atoms with Crippen LogP contribution in [0, 0.1) is 11.3 Å². The van der Waals surface area contributed by atoms with Crippen molar-refractivity contribution >= 4 is 46.2 Å². The van der Waals surface area contributed by atoms with Gasteiger partial charge in [0.05, 0.1) is 17.6 Å². The zero-order valence-corrected chi connectivity index (χ0v) is 23.1. The molecule has 0 bridgehead atoms. The van der Waals surface area contributed by atoms with E-state index in [0.717, 1.165) is 61.7 Å². The zero-order valence-electron chi connectivity index (χ0n) is 23.1. The molecule has 3 aromatic rings. The number of nitrogens with one attached hydrogen (secondary N) is 4. The number of carbonyl (C=O) groups is 2. The minimum absolute atomic E-state index is 0.0287. The number of nitrogens with zero attached hydrogens (tertiary/aromatic N) is 5. The van der Waals surface area contributed by atoms with Gasteiger partial charge in [-0.15, -0.1) is 0 Å². The van der Waals surface area contributed by atoms with Crippen molar-refractivity contribution in [3.8, 4) is 6.07 Å². The average Bonchev–Trinajstić information content (AvgIpc) is 3.68. The molecule has 1 aromatic carbocycles. The van der Waals surface area contributed by atoms with Gasteiger partial charge in [0.15, 0.2) is 5.65 Å². The Balaban J connectivity index is 0.000000517. The Hall–Kier alpha value is -4.58. The van der Waals surface area contributed by atoms with Gasteiger partial charge in [0, 0.05) is 43.3 Å². The predicted molar refractivity (Wildman–Crippen MR) is 151 cm³/mol. The standard InChI is InChI=1S/C25H31N9O.C2HF3O2/c1-3-24(35)31-20-11-18(8-9-21(20)33-10-4-5-19(15-33)27-2)29-22-12-23(30-17-6-7-17)34-25(32-22)16(13-26)14-28-34;3-2(4,5)1(6)7/h8-9,11-12,14,17,19,27,30H,3-7,10,15H2,1-2H3,(H,29,32)(H,31,35);(H,6,7). The number of benzene rings is 1. The molecule has 1 atom stereocenters. The normalized spacial score (nSPS) is 16.7. The highest BCUT2D eigenvalue weighted by Crippen LogP contribution is 2.33. The van der Waals surface area contributed by atoms with E-state index in [1.54, 1.807) is 4.52 Å². The second kappa shape index (κ2) is 12.9. The summed E-state index contributed by atoms with van der Waals surface area (Å²) >= 11 is 0. The molecule has 224 valence electrons. The molecule has 1 aliphatic heterocycles. The number of carboxylic acids is 1. The van der Waals surface area contributed by atoms with Crippen molar-refractivity contribution in [3.05, 3.63) is 36.0 Å². The highest BCUT2D eigenvalue weighted by molar-refractivity contribution is 5.95. The lowest BCUT2D eigenvalue weighted by Crippen LogP contribution is -2.44. The Morgan fingerprint density at radius 3 is 2.55 bits per heavy atom. The lowest BCUT2D eigenvalue weighted by atomic mass is 10.0. The molecule has 2 aliphatic rings. The van der Waals surface area contributed by atoms with Crippen LogP contribution in [-0.2, 0) is 9.59 Å². The summed E-state index contributed by atoms with van der Waals surface area (Å²) < 4.78 is 33.4. The number of carboxylic acid groups (broad SMARTS) is 1. The van der Waals surface area contributed by atoms with Crippen molar-refractivity contribution < 1.29 is 27.9 Å². The van der Waals surface area contributed by atoms with Gasteiger partial charge in [-0.05, 0) is 50.9 Å². The zero-order chi connectivity index (χ0) is 30.4. The third-order valence-corrected chi connectivity index (χ3v) is 6.80. The quantitative estimate of drug-likeness (QED) is 0.260. The molecule has 12 nitrogen and oxygen atoms in total. The number of carbonyl (C=O) groups excluding carboxylic acids is 1. The van der Waals surface area contributed by atoms with Gasteiger partial charge in [-0.3, -0.25) is 4.79 Å². The third kappa shape index (κ3) is 7.58. The monoisotopic (exact) mass is 587 g/mol. The minimum atomic E-state index is -5.08. The van der Waals surface area contributed by atoms with Gasteiger partial charge in [-0.1, -0.05) is 6.92 Å². The summed E-state index contributed by atoms with van der Waals surface area (Å²) in [5.74, 6) is -1.39. The molecule has 42 heavy (non-hydrogen) atoms. The first-order valence-electron chi connectivity index (χ1n) is 13.5. The number of likely N-dealkylation sites (N-methyl/N-ethyl adjacent to an activating group) is 1. The highest BCUT2D eigenvalue weighted by atomic mass is 19.4. The number of fused-ring (bicyclic) bond motifs is 1. The molecule has 2 aromatic heterocycles. The van der Waals surface area contributed by atoms with E-state index in [-0.39, 0.29) is 5.91 Å². The molecule has 5 N–H and O–H groups in total. The second-order valence-corrected chi connectivity index (χ2v) is 9.99. The molecule has 5 rings (SSSR count). The van der Waals surface area contributed by atoms with Gasteiger partial charge in [0.1, 0.15) is 23.3 Å². The molecular weight excluding hydrogens is 555 g/mol. The largest absolute Gasteiger partial charge is 0.490 e. The van der Waals surface area contributed by atoms with Gasteiger partial charge in [-0.25, -0.2) is 9.78 Å². The lowest BCUT2D eigenvalue weighted by molar-refractivity contribution is -0.192. The maximum Gasteiger partial charge on any atom is 0.490 e. The van der Waals surface area contributed by atoms with Gasteiger partial charge in [0.25, 0.3) is 0 Å². The maximum absolute atomic E-state index is 12.3. The number of amides is 1. The van der Waals surface area contributed by atoms with Crippen LogP contribution in [0.2, 0.25) is 0 Å². The lowest BCUT2D eigenvalue weighted by Gasteiger charge is -2.35. The number of nitriles is 1. The number of hydrogen-bond acceptors (Lipinski definition) is 9. The Kier molecular flexibility index (Phi) is 9.36. The molecule has 0 radical (unpaired) electrons. The summed E-state index contributed by atoms with van der Waals surface area (Å²) in [4.78, 5) is 28.2. The van der Waals surface area contributed by atoms with E-state index in [0.29, 0.717) is 35.5 Å². The number of hydrogen-bond donors (Lipinski definition) is 5. The topological polar surface area (TPSA) is 160 Å². The second-order valence-electron chi connectivity index (χ2n) is 9.99. The molecule has 1 amide bonds. The first-order chi connectivity index (χ1) is 20.0. The molecular formula is C27H32F3N9O3. The fourth-order valence-electron chi connectivity index (χ4n) is 4.45. The fraction of sp³-hybridized carbons (Fsp3) is 0.444. The van der Waals surface area contributed by atoms with Crippen LogP contribution in [0.4, 0.5) is 41.9 Å². The first-order valence-corrected chi connectivity index (χ1v) is 13.5. The summed E-state index contributed by atoms with van der Waals surface area (Å²) in [6, 6.07) is 10.9. The van der Waals surface area contributed by atoms with Crippen LogP contribution in [0.1, 0.15) is 44.6 Å². The number of aliphatic carboxylic acids is 1. The van der Waals surface area contributed by atoms with E-state index in [2.05, 4.69) is 42.3 Å². The van der Waals surface area contributed by atoms with Gasteiger partial charge >= 0.3 is 12.1 Å². The van der Waals surface area contributed by atoms with E-state index in [1.165, 1.54) is 6.20 Å². The van der Waals surface area contributed by atoms with Crippen LogP contribution in [0.15, 0.2) is 30.5 Å². The van der Waals surface area contributed by atoms with E-state index in [9.17, 15) is 23.2 Å². The van der Waals surface area contributed by atoms with Crippen LogP contribution < -0.4 is 26.2 Å². The Bertz CT molecular complexity index is 1480. The number of halogens is 3. The molecule has 1 unspecified atom stereocenters. The Morgan fingerprint density at radius 1 is 1.19 bits per heavy atom. The SMILES string of the molecule is CCC(=O)Nc1cc(Nc2cc(NC3CC3)n3ncc(C#N)c3n2)ccc1N1CCCC(NC)C1.O=C(O)C(F)(F)F. The van der Waals surface area contributed by atoms with E-state index in [4.69, 9.17) is 9.90 Å². The molecule has 1 aliphatic carbocycles. The van der Waals surface area contributed by atoms with E-state index >= 15 is 0 Å². The van der Waals surface area contributed by atoms with Crippen molar-refractivity contribution in [3.63, 3.8) is 0 Å². The van der Waals surface area contributed by atoms with Crippen LogP contribution in [-0.4, -0.2) is 70.0 Å². The number of aromatic nitrogens is 3. The molecule has 15 heteroatoms. The highest BCUT2D eigenvalue weighted by Gasteiger charge is 2.38. The van der Waals surface area contributed by atoms with Gasteiger partial charge < -0.3 is 31.3 Å². The van der Waals surface area contributed by atoms with Crippen molar-refractivity contribution in [2.75, 3.05) is 41.0 Å². The minimum Gasteiger partial charge on any atom is -0.475 e. The van der Waals surface area contributed by atoms with Crippen LogP contribution in [0.5, 0.6) is 0 Å². The van der Waals surface area contributed by atoms with E-state index < -0.39 is 12.1 Å². The average molecular weight is 588 g/mol. The van der Waals surface area contributed by atoms with Crippen LogP contribution in [0.25, 0.3) is 5.65 Å². The number of piperidine rings is 1. The Morgan fingerprint density at radius 2 is 1.93 bits per heavy atom. The fourth-order valence-corrected chi connectivity index (χ4v) is 4.45. The Labute approximate surface area is 239 Å². The van der Waals surface area contributed by atoms with Gasteiger partial charge in [-0.2, -0.15) is 28.0 Å².